The number of nitrogens with two attached hydrogens (primary N) is 1. The molecule has 0 aliphatic heterocycles. The maximum atomic E-state index is 5.77. The van der Waals surface area contributed by atoms with Gasteiger partial charge in [0.05, 0.1) is 0 Å². The van der Waals surface area contributed by atoms with Gasteiger partial charge in [-0.3, -0.25) is 0 Å². The number of nitrogens with zero attached hydrogens (tertiary/aromatic N) is 3. The van der Waals surface area contributed by atoms with E-state index in [0.29, 0.717) is 5.95 Å². The van der Waals surface area contributed by atoms with Crippen LogP contribution in [0.15, 0.2) is 35.5 Å². The number of benzene rings is 1. The third kappa shape index (κ3) is 3.23. The molecular weight excluding hydrogens is 232 g/mol. The van der Waals surface area contributed by atoms with Crippen LogP contribution in [0.4, 0.5) is 5.95 Å². The molecule has 0 amide bonds. The largest absolute Gasteiger partial charge is 0.368 e. The van der Waals surface area contributed by atoms with Crippen molar-refractivity contribution in [1.82, 2.24) is 14.8 Å². The van der Waals surface area contributed by atoms with E-state index < -0.39 is 0 Å². The second kappa shape index (κ2) is 5.72. The van der Waals surface area contributed by atoms with Crippen molar-refractivity contribution in [1.29, 1.82) is 0 Å². The Morgan fingerprint density at radius 1 is 1.29 bits per heavy atom. The predicted octanol–water partition coefficient (Wildman–Crippen LogP) is 2.21. The van der Waals surface area contributed by atoms with Gasteiger partial charge >= 0.3 is 0 Å². The molecule has 0 saturated carbocycles. The molecule has 1 heterocycles. The molecule has 0 fully saturated rings. The highest BCUT2D eigenvalue weighted by Crippen LogP contribution is 2.12. The molecule has 0 aliphatic rings. The molecule has 0 atom stereocenters. The van der Waals surface area contributed by atoms with Gasteiger partial charge in [0.25, 0.3) is 0 Å². The van der Waals surface area contributed by atoms with E-state index in [0.717, 1.165) is 24.5 Å². The average molecular weight is 248 g/mol. The fourth-order valence-electron chi connectivity index (χ4n) is 1.66. The fraction of sp³-hybridized carbons (Fsp3) is 0.333. The Hall–Kier alpha value is -1.49. The van der Waals surface area contributed by atoms with Gasteiger partial charge in [-0.25, -0.2) is 4.68 Å². The van der Waals surface area contributed by atoms with E-state index in [2.05, 4.69) is 34.3 Å². The molecule has 0 saturated heterocycles. The lowest BCUT2D eigenvalue weighted by atomic mass is 10.1. The van der Waals surface area contributed by atoms with Gasteiger partial charge in [0.2, 0.25) is 11.1 Å². The second-order valence-electron chi connectivity index (χ2n) is 3.77. The highest BCUT2D eigenvalue weighted by molar-refractivity contribution is 7.98. The van der Waals surface area contributed by atoms with E-state index in [9.17, 15) is 0 Å². The molecule has 0 aliphatic carbocycles. The number of aryl methyl sites for hydroxylation is 2. The number of anilines is 1. The molecule has 1 aromatic heterocycles. The summed E-state index contributed by atoms with van der Waals surface area (Å²) in [5.41, 5.74) is 7.12. The van der Waals surface area contributed by atoms with Gasteiger partial charge < -0.3 is 5.73 Å². The fourth-order valence-corrected chi connectivity index (χ4v) is 2.03. The van der Waals surface area contributed by atoms with Crippen molar-refractivity contribution in [2.75, 3.05) is 12.0 Å². The van der Waals surface area contributed by atoms with Crippen LogP contribution >= 0.6 is 11.8 Å². The lowest BCUT2D eigenvalue weighted by molar-refractivity contribution is 0.575. The number of aromatic nitrogens is 3. The Kier molecular flexibility index (Phi) is 4.03. The Balaban J connectivity index is 1.88. The van der Waals surface area contributed by atoms with Gasteiger partial charge in [-0.2, -0.15) is 4.98 Å². The monoisotopic (exact) mass is 248 g/mol. The molecule has 0 radical (unpaired) electrons. The van der Waals surface area contributed by atoms with E-state index in [4.69, 9.17) is 5.73 Å². The van der Waals surface area contributed by atoms with Crippen LogP contribution < -0.4 is 5.73 Å². The molecule has 0 bridgehead atoms. The van der Waals surface area contributed by atoms with Gasteiger partial charge in [-0.15, -0.1) is 5.10 Å². The maximum Gasteiger partial charge on any atom is 0.219 e. The Morgan fingerprint density at radius 2 is 2.06 bits per heavy atom. The molecule has 2 rings (SSSR count). The molecule has 2 N–H and O–H groups in total. The highest BCUT2D eigenvalue weighted by Gasteiger charge is 2.05. The minimum atomic E-state index is 0.502. The zero-order valence-electron chi connectivity index (χ0n) is 9.84. The SMILES string of the molecule is CSc1nc(N)n(CCCc2ccccc2)n1. The number of nitrogen functional groups attached to an aromatic ring is 1. The second-order valence-corrected chi connectivity index (χ2v) is 4.54. The first-order chi connectivity index (χ1) is 8.29. The Bertz CT molecular complexity index is 467. The number of rotatable bonds is 5. The first-order valence-corrected chi connectivity index (χ1v) is 6.80. The van der Waals surface area contributed by atoms with Crippen LogP contribution in [0.5, 0.6) is 0 Å². The standard InChI is InChI=1S/C12H16N4S/c1-17-12-14-11(13)16(15-12)9-5-8-10-6-3-2-4-7-10/h2-4,6-7H,5,8-9H2,1H3,(H2,13,14,15). The van der Waals surface area contributed by atoms with Crippen LogP contribution in [-0.4, -0.2) is 21.0 Å². The molecule has 2 aromatic rings. The Morgan fingerprint density at radius 3 is 2.71 bits per heavy atom. The molecule has 0 unspecified atom stereocenters. The predicted molar refractivity (Wildman–Crippen MR) is 71.0 cm³/mol. The number of thioether (sulfide) groups is 1. The van der Waals surface area contributed by atoms with Crippen molar-refractivity contribution in [3.63, 3.8) is 0 Å². The van der Waals surface area contributed by atoms with Crippen LogP contribution in [0.25, 0.3) is 0 Å². The third-order valence-corrected chi connectivity index (χ3v) is 3.08. The van der Waals surface area contributed by atoms with Gasteiger partial charge in [-0.1, -0.05) is 42.1 Å². The topological polar surface area (TPSA) is 56.7 Å². The smallest absolute Gasteiger partial charge is 0.219 e. The van der Waals surface area contributed by atoms with Crippen molar-refractivity contribution >= 4 is 17.7 Å². The first-order valence-electron chi connectivity index (χ1n) is 5.58. The Labute approximate surface area is 105 Å². The minimum absolute atomic E-state index is 0.502. The van der Waals surface area contributed by atoms with E-state index in [1.165, 1.54) is 17.3 Å². The van der Waals surface area contributed by atoms with E-state index in [1.54, 1.807) is 4.68 Å². The van der Waals surface area contributed by atoms with Crippen LogP contribution in [0.3, 0.4) is 0 Å². The summed E-state index contributed by atoms with van der Waals surface area (Å²) in [4.78, 5) is 4.15. The average Bonchev–Trinajstić information content (AvgIpc) is 2.72. The minimum Gasteiger partial charge on any atom is -0.368 e. The summed E-state index contributed by atoms with van der Waals surface area (Å²) in [5.74, 6) is 0.502. The van der Waals surface area contributed by atoms with Crippen LogP contribution in [0, 0.1) is 0 Å². The summed E-state index contributed by atoms with van der Waals surface area (Å²) in [6.45, 7) is 0.814. The highest BCUT2D eigenvalue weighted by atomic mass is 32.2. The van der Waals surface area contributed by atoms with Crippen molar-refractivity contribution in [2.45, 2.75) is 24.5 Å². The van der Waals surface area contributed by atoms with Crippen molar-refractivity contribution in [3.05, 3.63) is 35.9 Å². The number of hydrogen-bond acceptors (Lipinski definition) is 4. The summed E-state index contributed by atoms with van der Waals surface area (Å²) in [6, 6.07) is 10.4. The van der Waals surface area contributed by atoms with Gasteiger partial charge in [-0.05, 0) is 24.7 Å². The summed E-state index contributed by atoms with van der Waals surface area (Å²) >= 11 is 1.51. The molecular formula is C12H16N4S. The maximum absolute atomic E-state index is 5.77. The zero-order chi connectivity index (χ0) is 12.1. The summed E-state index contributed by atoms with van der Waals surface area (Å²) in [6.07, 6.45) is 4.00. The van der Waals surface area contributed by atoms with E-state index in [-0.39, 0.29) is 0 Å². The van der Waals surface area contributed by atoms with Gasteiger partial charge in [0, 0.05) is 6.54 Å². The van der Waals surface area contributed by atoms with Gasteiger partial charge in [0.15, 0.2) is 0 Å². The molecule has 0 spiro atoms. The molecule has 1 aromatic carbocycles. The summed E-state index contributed by atoms with van der Waals surface area (Å²) < 4.78 is 1.77. The zero-order valence-corrected chi connectivity index (χ0v) is 10.7. The quantitative estimate of drug-likeness (QED) is 0.824. The molecule has 90 valence electrons. The van der Waals surface area contributed by atoms with E-state index >= 15 is 0 Å². The lowest BCUT2D eigenvalue weighted by Gasteiger charge is -2.02. The molecule has 17 heavy (non-hydrogen) atoms. The molecule has 4 nitrogen and oxygen atoms in total. The summed E-state index contributed by atoms with van der Waals surface area (Å²) in [5, 5.41) is 5.04. The van der Waals surface area contributed by atoms with Crippen LogP contribution in [-0.2, 0) is 13.0 Å². The van der Waals surface area contributed by atoms with Crippen molar-refractivity contribution in [2.24, 2.45) is 0 Å². The molecule has 5 heteroatoms. The summed E-state index contributed by atoms with van der Waals surface area (Å²) in [7, 11) is 0. The van der Waals surface area contributed by atoms with Crippen LogP contribution in [0.2, 0.25) is 0 Å². The number of hydrogen-bond donors (Lipinski definition) is 1. The normalized spacial score (nSPS) is 10.6. The van der Waals surface area contributed by atoms with Crippen molar-refractivity contribution < 1.29 is 0 Å². The first kappa shape index (κ1) is 12.0. The van der Waals surface area contributed by atoms with Crippen LogP contribution in [0.1, 0.15) is 12.0 Å². The third-order valence-electron chi connectivity index (χ3n) is 2.54. The van der Waals surface area contributed by atoms with Gasteiger partial charge in [0.1, 0.15) is 0 Å². The van der Waals surface area contributed by atoms with Crippen molar-refractivity contribution in [3.8, 4) is 0 Å². The van der Waals surface area contributed by atoms with E-state index in [1.807, 2.05) is 12.3 Å². The lowest BCUT2D eigenvalue weighted by Crippen LogP contribution is -2.06.